The van der Waals surface area contributed by atoms with Gasteiger partial charge < -0.3 is 14.2 Å². The van der Waals surface area contributed by atoms with Gasteiger partial charge in [-0.1, -0.05) is 23.0 Å². The van der Waals surface area contributed by atoms with Crippen molar-refractivity contribution >= 4 is 23.7 Å². The second-order valence-electron chi connectivity index (χ2n) is 8.99. The topological polar surface area (TPSA) is 92.5 Å². The summed E-state index contributed by atoms with van der Waals surface area (Å²) in [6.45, 7) is 6.34. The van der Waals surface area contributed by atoms with Crippen LogP contribution < -0.4 is 0 Å². The maximum atomic E-state index is 13.8. The van der Waals surface area contributed by atoms with Crippen molar-refractivity contribution in [1.29, 1.82) is 0 Å². The number of aromatic nitrogens is 3. The highest BCUT2D eigenvalue weighted by Crippen LogP contribution is 2.40. The van der Waals surface area contributed by atoms with E-state index in [-0.39, 0.29) is 17.9 Å². The average molecular weight is 550 g/mol. The van der Waals surface area contributed by atoms with E-state index in [9.17, 15) is 22.8 Å². The summed E-state index contributed by atoms with van der Waals surface area (Å²) in [5, 5.41) is 8.12. The van der Waals surface area contributed by atoms with Crippen LogP contribution in [-0.2, 0) is 23.8 Å². The zero-order valence-electron chi connectivity index (χ0n) is 21.1. The molecule has 1 aliphatic heterocycles. The van der Waals surface area contributed by atoms with Crippen LogP contribution in [0, 0.1) is 31.3 Å². The molecular weight excluding hydrogens is 523 g/mol. The summed E-state index contributed by atoms with van der Waals surface area (Å²) < 4.78 is 59.5. The van der Waals surface area contributed by atoms with E-state index in [0.717, 1.165) is 28.2 Å². The molecule has 202 valence electrons. The number of nitrogens with zero attached hydrogens (tertiary/aromatic N) is 3. The van der Waals surface area contributed by atoms with Crippen molar-refractivity contribution in [1.82, 2.24) is 15.0 Å². The van der Waals surface area contributed by atoms with Gasteiger partial charge in [-0.2, -0.15) is 0 Å². The van der Waals surface area contributed by atoms with Gasteiger partial charge in [-0.05, 0) is 49.2 Å². The third kappa shape index (κ3) is 6.36. The molecule has 12 heteroatoms. The zero-order chi connectivity index (χ0) is 27.6. The minimum absolute atomic E-state index is 0.0127. The number of carbonyl (C=O) groups is 2. The first-order valence-corrected chi connectivity index (χ1v) is 12.7. The van der Waals surface area contributed by atoms with Crippen LogP contribution >= 0.6 is 11.8 Å². The SMILES string of the molecule is CC(=O)OC[C@H]1O[C@H](Sc2ccc(C)c(C)c2)C[C@@H](n2cc(-c3cc(F)c(F)c(F)c3)nn2)[C@H]1OC(C)=O. The van der Waals surface area contributed by atoms with Gasteiger partial charge in [-0.25, -0.2) is 17.9 Å². The van der Waals surface area contributed by atoms with E-state index in [0.29, 0.717) is 6.42 Å². The Kier molecular flexibility index (Phi) is 8.41. The molecule has 8 nitrogen and oxygen atoms in total. The molecule has 1 saturated heterocycles. The van der Waals surface area contributed by atoms with Gasteiger partial charge in [0.15, 0.2) is 23.6 Å². The molecule has 4 rings (SSSR count). The minimum atomic E-state index is -1.58. The van der Waals surface area contributed by atoms with E-state index in [1.54, 1.807) is 0 Å². The molecule has 1 fully saturated rings. The Morgan fingerprint density at radius 2 is 1.79 bits per heavy atom. The Morgan fingerprint density at radius 1 is 1.08 bits per heavy atom. The lowest BCUT2D eigenvalue weighted by atomic mass is 9.99. The van der Waals surface area contributed by atoms with Crippen molar-refractivity contribution in [2.75, 3.05) is 6.61 Å². The highest BCUT2D eigenvalue weighted by Gasteiger charge is 2.43. The summed E-state index contributed by atoms with van der Waals surface area (Å²) in [5.74, 6) is -5.41. The Balaban J connectivity index is 1.68. The molecule has 0 amide bonds. The Bertz CT molecular complexity index is 1330. The fourth-order valence-corrected chi connectivity index (χ4v) is 5.32. The quantitative estimate of drug-likeness (QED) is 0.303. The number of hydrogen-bond donors (Lipinski definition) is 0. The molecule has 1 aliphatic rings. The van der Waals surface area contributed by atoms with Crippen molar-refractivity contribution < 1.29 is 37.0 Å². The lowest BCUT2D eigenvalue weighted by Gasteiger charge is -2.40. The molecule has 2 heterocycles. The molecule has 0 unspecified atom stereocenters. The van der Waals surface area contributed by atoms with Crippen molar-refractivity contribution in [3.63, 3.8) is 0 Å². The smallest absolute Gasteiger partial charge is 0.303 e. The predicted molar refractivity (Wildman–Crippen MR) is 132 cm³/mol. The molecule has 3 aromatic rings. The van der Waals surface area contributed by atoms with Gasteiger partial charge in [-0.3, -0.25) is 9.59 Å². The van der Waals surface area contributed by atoms with Gasteiger partial charge in [0.2, 0.25) is 0 Å². The van der Waals surface area contributed by atoms with Crippen molar-refractivity contribution in [2.45, 2.75) is 62.7 Å². The van der Waals surface area contributed by atoms with E-state index in [1.807, 2.05) is 32.0 Å². The van der Waals surface area contributed by atoms with Crippen LogP contribution in [0.15, 0.2) is 41.4 Å². The van der Waals surface area contributed by atoms with Crippen LogP contribution in [-0.4, -0.2) is 51.2 Å². The standard InChI is InChI=1S/C26H26F3N3O5S/c1-13-5-6-18(7-14(13)2)38-24-10-22(26(36-16(4)34)23(37-24)12-35-15(3)33)32-11-21(30-31-32)17-8-19(27)25(29)20(28)9-17/h5-9,11,22-24,26H,10,12H2,1-4H3/t22-,23-,24-,26-/m1/s1. The fraction of sp³-hybridized carbons (Fsp3) is 0.385. The molecule has 4 atom stereocenters. The molecule has 0 saturated carbocycles. The van der Waals surface area contributed by atoms with E-state index in [4.69, 9.17) is 14.2 Å². The summed E-state index contributed by atoms with van der Waals surface area (Å²) in [6, 6.07) is 7.01. The van der Waals surface area contributed by atoms with Crippen LogP contribution in [0.5, 0.6) is 0 Å². The summed E-state index contributed by atoms with van der Waals surface area (Å²) in [4.78, 5) is 24.5. The van der Waals surface area contributed by atoms with Crippen LogP contribution in [0.25, 0.3) is 11.3 Å². The predicted octanol–water partition coefficient (Wildman–Crippen LogP) is 4.92. The van der Waals surface area contributed by atoms with Crippen molar-refractivity contribution in [2.24, 2.45) is 0 Å². The van der Waals surface area contributed by atoms with Crippen LogP contribution in [0.3, 0.4) is 0 Å². The first kappa shape index (κ1) is 27.6. The normalized spacial score (nSPS) is 21.2. The molecule has 0 N–H and O–H groups in total. The molecule has 0 aliphatic carbocycles. The number of thioether (sulfide) groups is 1. The van der Waals surface area contributed by atoms with Gasteiger partial charge in [0.25, 0.3) is 0 Å². The molecular formula is C26H26F3N3O5S. The zero-order valence-corrected chi connectivity index (χ0v) is 21.9. The summed E-state index contributed by atoms with van der Waals surface area (Å²) in [5.41, 5.74) is 1.87. The largest absolute Gasteiger partial charge is 0.463 e. The number of rotatable bonds is 7. The minimum Gasteiger partial charge on any atom is -0.463 e. The Hall–Kier alpha value is -3.38. The number of hydrogen-bond acceptors (Lipinski definition) is 8. The summed E-state index contributed by atoms with van der Waals surface area (Å²) in [7, 11) is 0. The van der Waals surface area contributed by atoms with E-state index < -0.39 is 53.1 Å². The third-order valence-corrected chi connectivity index (χ3v) is 7.23. The summed E-state index contributed by atoms with van der Waals surface area (Å²) >= 11 is 1.45. The number of aryl methyl sites for hydroxylation is 2. The Morgan fingerprint density at radius 3 is 2.42 bits per heavy atom. The maximum Gasteiger partial charge on any atom is 0.303 e. The van der Waals surface area contributed by atoms with Gasteiger partial charge >= 0.3 is 11.9 Å². The third-order valence-electron chi connectivity index (χ3n) is 6.13. The van der Waals surface area contributed by atoms with E-state index >= 15 is 0 Å². The van der Waals surface area contributed by atoms with Crippen LogP contribution in [0.1, 0.15) is 37.4 Å². The maximum absolute atomic E-state index is 13.8. The Labute approximate surface area is 221 Å². The molecule has 0 spiro atoms. The summed E-state index contributed by atoms with van der Waals surface area (Å²) in [6.07, 6.45) is -0.0148. The molecule has 2 aromatic carbocycles. The second kappa shape index (κ2) is 11.6. The number of esters is 2. The average Bonchev–Trinajstić information content (AvgIpc) is 3.34. The number of carbonyl (C=O) groups excluding carboxylic acids is 2. The number of halogens is 3. The van der Waals surface area contributed by atoms with Gasteiger partial charge in [0.1, 0.15) is 23.8 Å². The molecule has 1 aromatic heterocycles. The van der Waals surface area contributed by atoms with Gasteiger partial charge in [0, 0.05) is 30.7 Å². The number of benzene rings is 2. The van der Waals surface area contributed by atoms with Gasteiger partial charge in [0.05, 0.1) is 12.2 Å². The lowest BCUT2D eigenvalue weighted by Crippen LogP contribution is -2.49. The highest BCUT2D eigenvalue weighted by atomic mass is 32.2. The first-order valence-electron chi connectivity index (χ1n) is 11.8. The van der Waals surface area contributed by atoms with Gasteiger partial charge in [-0.15, -0.1) is 5.10 Å². The first-order chi connectivity index (χ1) is 18.0. The van der Waals surface area contributed by atoms with E-state index in [1.165, 1.54) is 36.5 Å². The van der Waals surface area contributed by atoms with Crippen LogP contribution in [0.2, 0.25) is 0 Å². The molecule has 0 bridgehead atoms. The molecule has 38 heavy (non-hydrogen) atoms. The number of ether oxygens (including phenoxy) is 3. The molecule has 0 radical (unpaired) electrons. The highest BCUT2D eigenvalue weighted by molar-refractivity contribution is 7.99. The fourth-order valence-electron chi connectivity index (χ4n) is 4.13. The van der Waals surface area contributed by atoms with Crippen molar-refractivity contribution in [3.05, 3.63) is 65.1 Å². The van der Waals surface area contributed by atoms with Crippen LogP contribution in [0.4, 0.5) is 13.2 Å². The second-order valence-corrected chi connectivity index (χ2v) is 10.2. The van der Waals surface area contributed by atoms with E-state index in [2.05, 4.69) is 10.3 Å². The monoisotopic (exact) mass is 549 g/mol. The lowest BCUT2D eigenvalue weighted by molar-refractivity contribution is -0.182. The van der Waals surface area contributed by atoms with Crippen molar-refractivity contribution in [3.8, 4) is 11.3 Å².